The minimum absolute atomic E-state index is 0.210. The molecule has 0 amide bonds. The Labute approximate surface area is 186 Å². The van der Waals surface area contributed by atoms with Crippen molar-refractivity contribution in [3.63, 3.8) is 0 Å². The zero-order valence-electron chi connectivity index (χ0n) is 18.7. The van der Waals surface area contributed by atoms with Gasteiger partial charge in [0.25, 0.3) is 10.0 Å². The Kier molecular flexibility index (Phi) is 6.55. The van der Waals surface area contributed by atoms with Gasteiger partial charge >= 0.3 is 0 Å². The second kappa shape index (κ2) is 9.18. The molecule has 6 nitrogen and oxygen atoms in total. The third kappa shape index (κ3) is 4.89. The van der Waals surface area contributed by atoms with E-state index < -0.39 is 10.0 Å². The quantitative estimate of drug-likeness (QED) is 0.698. The summed E-state index contributed by atoms with van der Waals surface area (Å²) in [5.41, 5.74) is 7.36. The van der Waals surface area contributed by atoms with Crippen LogP contribution in [0.5, 0.6) is 0 Å². The predicted molar refractivity (Wildman–Crippen MR) is 125 cm³/mol. The highest BCUT2D eigenvalue weighted by Gasteiger charge is 2.29. The maximum Gasteiger partial charge on any atom is 0.264 e. The molecular formula is C24H33N3O3S. The van der Waals surface area contributed by atoms with Crippen LogP contribution in [0.2, 0.25) is 0 Å². The van der Waals surface area contributed by atoms with Gasteiger partial charge in [-0.05, 0) is 67.5 Å². The van der Waals surface area contributed by atoms with Crippen LogP contribution >= 0.6 is 0 Å². The summed E-state index contributed by atoms with van der Waals surface area (Å²) in [6.45, 7) is 9.75. The summed E-state index contributed by atoms with van der Waals surface area (Å²) in [4.78, 5) is 0.349. The Bertz CT molecular complexity index is 999. The number of hydrogen-bond donors (Lipinski definition) is 1. The molecule has 2 heterocycles. The summed E-state index contributed by atoms with van der Waals surface area (Å²) in [7, 11) is -3.66. The number of hydrazine groups is 1. The van der Waals surface area contributed by atoms with E-state index in [9.17, 15) is 8.42 Å². The molecule has 1 N–H and O–H groups in total. The topological polar surface area (TPSA) is 61.9 Å². The number of nitrogens with zero attached hydrogens (tertiary/aromatic N) is 2. The normalized spacial score (nSPS) is 17.2. The van der Waals surface area contributed by atoms with Crippen LogP contribution in [0.1, 0.15) is 37.8 Å². The highest BCUT2D eigenvalue weighted by atomic mass is 32.2. The van der Waals surface area contributed by atoms with Crippen LogP contribution in [0.4, 0.5) is 11.4 Å². The van der Waals surface area contributed by atoms with E-state index in [-0.39, 0.29) is 5.92 Å². The van der Waals surface area contributed by atoms with Gasteiger partial charge in [-0.3, -0.25) is 4.31 Å². The first-order valence-corrected chi connectivity index (χ1v) is 12.6. The molecular weight excluding hydrogens is 410 g/mol. The number of sulfonamides is 1. The molecule has 2 aliphatic heterocycles. The van der Waals surface area contributed by atoms with Crippen LogP contribution in [-0.2, 0) is 21.3 Å². The lowest BCUT2D eigenvalue weighted by Gasteiger charge is -2.29. The van der Waals surface area contributed by atoms with E-state index >= 15 is 0 Å². The molecule has 0 unspecified atom stereocenters. The van der Waals surface area contributed by atoms with Gasteiger partial charge in [-0.2, -0.15) is 0 Å². The molecule has 0 atom stereocenters. The molecule has 0 aromatic heterocycles. The van der Waals surface area contributed by atoms with Gasteiger partial charge < -0.3 is 9.75 Å². The predicted octanol–water partition coefficient (Wildman–Crippen LogP) is 4.10. The van der Waals surface area contributed by atoms with Gasteiger partial charge in [0.1, 0.15) is 0 Å². The fraction of sp³-hybridized carbons (Fsp3) is 0.500. The fourth-order valence-corrected chi connectivity index (χ4v) is 5.93. The summed E-state index contributed by atoms with van der Waals surface area (Å²) in [5.74, 6) is 0.806. The van der Waals surface area contributed by atoms with Crippen molar-refractivity contribution < 1.29 is 13.2 Å². The van der Waals surface area contributed by atoms with Crippen LogP contribution in [0, 0.1) is 18.8 Å². The summed E-state index contributed by atoms with van der Waals surface area (Å²) in [5, 5.41) is 2.17. The zero-order chi connectivity index (χ0) is 22.0. The molecule has 4 rings (SSSR count). The van der Waals surface area contributed by atoms with Crippen molar-refractivity contribution in [3.05, 3.63) is 53.6 Å². The monoisotopic (exact) mass is 443 g/mol. The second-order valence-electron chi connectivity index (χ2n) is 9.06. The molecule has 31 heavy (non-hydrogen) atoms. The third-order valence-corrected chi connectivity index (χ3v) is 7.81. The van der Waals surface area contributed by atoms with E-state index in [4.69, 9.17) is 4.74 Å². The van der Waals surface area contributed by atoms with Crippen molar-refractivity contribution in [2.24, 2.45) is 11.8 Å². The lowest BCUT2D eigenvalue weighted by Crippen LogP contribution is -2.38. The van der Waals surface area contributed by atoms with E-state index in [1.165, 1.54) is 0 Å². The average molecular weight is 444 g/mol. The lowest BCUT2D eigenvalue weighted by molar-refractivity contribution is 0.0677. The number of fused-ring (bicyclic) bond motifs is 1. The molecule has 0 bridgehead atoms. The maximum atomic E-state index is 13.6. The Hall–Kier alpha value is -2.09. The van der Waals surface area contributed by atoms with Gasteiger partial charge in [0.05, 0.1) is 16.3 Å². The van der Waals surface area contributed by atoms with Gasteiger partial charge in [-0.15, -0.1) is 0 Å². The molecule has 0 spiro atoms. The molecule has 2 aromatic carbocycles. The van der Waals surface area contributed by atoms with Crippen LogP contribution in [0.15, 0.2) is 47.4 Å². The molecule has 2 aromatic rings. The van der Waals surface area contributed by atoms with Crippen molar-refractivity contribution in [3.8, 4) is 0 Å². The highest BCUT2D eigenvalue weighted by Crippen LogP contribution is 2.32. The van der Waals surface area contributed by atoms with Gasteiger partial charge in [0.15, 0.2) is 0 Å². The number of nitrogens with one attached hydrogen (secondary N) is 1. The molecule has 1 fully saturated rings. The van der Waals surface area contributed by atoms with Crippen molar-refractivity contribution in [1.82, 2.24) is 5.43 Å². The Balaban J connectivity index is 1.59. The number of anilines is 2. The number of ether oxygens (including phenoxy) is 1. The molecule has 0 radical (unpaired) electrons. The number of benzene rings is 2. The first-order chi connectivity index (χ1) is 14.8. The summed E-state index contributed by atoms with van der Waals surface area (Å²) < 4.78 is 34.3. The van der Waals surface area contributed by atoms with Crippen LogP contribution in [0.3, 0.4) is 0 Å². The summed E-state index contributed by atoms with van der Waals surface area (Å²) in [6.07, 6.45) is 2.14. The lowest BCUT2D eigenvalue weighted by atomic mass is 10.00. The third-order valence-electron chi connectivity index (χ3n) is 6.02. The van der Waals surface area contributed by atoms with E-state index in [0.29, 0.717) is 29.6 Å². The smallest absolute Gasteiger partial charge is 0.264 e. The molecule has 7 heteroatoms. The van der Waals surface area contributed by atoms with E-state index in [1.54, 1.807) is 10.4 Å². The molecule has 168 valence electrons. The molecule has 1 saturated heterocycles. The van der Waals surface area contributed by atoms with Gasteiger partial charge in [-0.25, -0.2) is 13.8 Å². The van der Waals surface area contributed by atoms with Crippen LogP contribution in [-0.4, -0.2) is 34.7 Å². The summed E-state index contributed by atoms with van der Waals surface area (Å²) in [6, 6.07) is 13.2. The Morgan fingerprint density at radius 3 is 2.52 bits per heavy atom. The van der Waals surface area contributed by atoms with Gasteiger partial charge in [0, 0.05) is 32.8 Å². The number of aryl methyl sites for hydroxylation is 1. The average Bonchev–Trinajstić information content (AvgIpc) is 3.15. The molecule has 2 aliphatic rings. The first-order valence-electron chi connectivity index (χ1n) is 11.2. The molecule has 0 saturated carbocycles. The largest absolute Gasteiger partial charge is 0.381 e. The van der Waals surface area contributed by atoms with Crippen molar-refractivity contribution in [1.29, 1.82) is 0 Å². The van der Waals surface area contributed by atoms with E-state index in [2.05, 4.69) is 10.4 Å². The summed E-state index contributed by atoms with van der Waals surface area (Å²) >= 11 is 0. The van der Waals surface area contributed by atoms with Crippen molar-refractivity contribution in [2.45, 2.75) is 45.1 Å². The van der Waals surface area contributed by atoms with E-state index in [1.807, 2.05) is 57.2 Å². The zero-order valence-corrected chi connectivity index (χ0v) is 19.5. The Morgan fingerprint density at radius 1 is 1.13 bits per heavy atom. The second-order valence-corrected chi connectivity index (χ2v) is 10.9. The fourth-order valence-electron chi connectivity index (χ4n) is 4.26. The standard InChI is InChI=1S/C24H33N3O3S/c1-18(2)16-27(22-6-4-19(3)5-7-22)31(28,29)23-8-9-24-21(14-23)15-25-26(24)17-20-10-12-30-13-11-20/h4-9,14,18,20,25H,10-13,15-17H2,1-3H3. The SMILES string of the molecule is Cc1ccc(N(CC(C)C)S(=O)(=O)c2ccc3c(c2)CNN3CC2CCOCC2)cc1. The first kappa shape index (κ1) is 22.1. The number of rotatable bonds is 7. The van der Waals surface area contributed by atoms with Crippen LogP contribution in [0.25, 0.3) is 0 Å². The van der Waals surface area contributed by atoms with Crippen molar-refractivity contribution in [2.75, 3.05) is 35.6 Å². The maximum absolute atomic E-state index is 13.6. The minimum atomic E-state index is -3.66. The number of hydrogen-bond acceptors (Lipinski definition) is 5. The Morgan fingerprint density at radius 2 is 1.84 bits per heavy atom. The highest BCUT2D eigenvalue weighted by molar-refractivity contribution is 7.92. The van der Waals surface area contributed by atoms with Crippen molar-refractivity contribution >= 4 is 21.4 Å². The molecule has 0 aliphatic carbocycles. The van der Waals surface area contributed by atoms with E-state index in [0.717, 1.165) is 49.4 Å². The van der Waals surface area contributed by atoms with Crippen LogP contribution < -0.4 is 14.7 Å². The van der Waals surface area contributed by atoms with Gasteiger partial charge in [-0.1, -0.05) is 31.5 Å². The van der Waals surface area contributed by atoms with Gasteiger partial charge in [0.2, 0.25) is 0 Å². The minimum Gasteiger partial charge on any atom is -0.381 e.